The summed E-state index contributed by atoms with van der Waals surface area (Å²) in [6, 6.07) is 5.80. The van der Waals surface area contributed by atoms with Crippen molar-refractivity contribution in [2.75, 3.05) is 13.2 Å². The van der Waals surface area contributed by atoms with E-state index in [1.165, 1.54) is 6.08 Å². The highest BCUT2D eigenvalue weighted by molar-refractivity contribution is 5.91. The maximum absolute atomic E-state index is 11.6. The van der Waals surface area contributed by atoms with E-state index < -0.39 is 0 Å². The first-order valence-electron chi connectivity index (χ1n) is 7.45. The van der Waals surface area contributed by atoms with Gasteiger partial charge in [0, 0.05) is 12.1 Å². The first-order chi connectivity index (χ1) is 10.1. The molecule has 0 aromatic heterocycles. The molecule has 0 heterocycles. The second kappa shape index (κ2) is 9.06. The maximum atomic E-state index is 11.6. The zero-order valence-corrected chi connectivity index (χ0v) is 13.3. The molecule has 0 fully saturated rings. The van der Waals surface area contributed by atoms with Crippen LogP contribution in [-0.2, 0) is 4.79 Å². The third-order valence-corrected chi connectivity index (χ3v) is 2.59. The number of rotatable bonds is 8. The second-order valence-electron chi connectivity index (χ2n) is 4.98. The number of ether oxygens (including phenoxy) is 2. The lowest BCUT2D eigenvalue weighted by atomic mass is 10.2. The molecule has 1 amide bonds. The summed E-state index contributed by atoms with van der Waals surface area (Å²) in [5, 5.41) is 2.81. The number of hydrogen-bond acceptors (Lipinski definition) is 3. The Kier molecular flexibility index (Phi) is 7.37. The smallest absolute Gasteiger partial charge is 0.244 e. The van der Waals surface area contributed by atoms with Crippen LogP contribution in [0.5, 0.6) is 11.5 Å². The van der Waals surface area contributed by atoms with Crippen molar-refractivity contribution in [1.29, 1.82) is 0 Å². The van der Waals surface area contributed by atoms with E-state index in [4.69, 9.17) is 9.47 Å². The molecule has 0 spiro atoms. The molecule has 0 saturated heterocycles. The van der Waals surface area contributed by atoms with Gasteiger partial charge in [0.1, 0.15) is 0 Å². The Bertz CT molecular complexity index is 481. The van der Waals surface area contributed by atoms with Gasteiger partial charge < -0.3 is 14.8 Å². The predicted molar refractivity (Wildman–Crippen MR) is 85.7 cm³/mol. The molecule has 1 rings (SSSR count). The normalized spacial score (nSPS) is 10.9. The lowest BCUT2D eigenvalue weighted by Crippen LogP contribution is -2.28. The van der Waals surface area contributed by atoms with Gasteiger partial charge in [0.2, 0.25) is 5.91 Å². The van der Waals surface area contributed by atoms with Gasteiger partial charge in [-0.15, -0.1) is 0 Å². The molecular formula is C17H25NO3. The molecule has 0 atom stereocenters. The fourth-order valence-electron chi connectivity index (χ4n) is 1.73. The van der Waals surface area contributed by atoms with Crippen LogP contribution in [0.3, 0.4) is 0 Å². The molecule has 0 aliphatic heterocycles. The van der Waals surface area contributed by atoms with Crippen molar-refractivity contribution < 1.29 is 14.3 Å². The largest absolute Gasteiger partial charge is 0.490 e. The highest BCUT2D eigenvalue weighted by Gasteiger charge is 2.05. The highest BCUT2D eigenvalue weighted by atomic mass is 16.5. The highest BCUT2D eigenvalue weighted by Crippen LogP contribution is 2.29. The third-order valence-electron chi connectivity index (χ3n) is 2.59. The molecule has 1 N–H and O–H groups in total. The zero-order valence-electron chi connectivity index (χ0n) is 13.3. The fourth-order valence-corrected chi connectivity index (χ4v) is 1.73. The zero-order chi connectivity index (χ0) is 15.7. The summed E-state index contributed by atoms with van der Waals surface area (Å²) in [5.74, 6) is 1.34. The molecule has 0 aliphatic carbocycles. The van der Waals surface area contributed by atoms with E-state index in [-0.39, 0.29) is 11.9 Å². The lowest BCUT2D eigenvalue weighted by Gasteiger charge is -2.12. The van der Waals surface area contributed by atoms with Crippen LogP contribution >= 0.6 is 0 Å². The predicted octanol–water partition coefficient (Wildman–Crippen LogP) is 3.41. The number of nitrogens with one attached hydrogen (secondary N) is 1. The Morgan fingerprint density at radius 1 is 1.24 bits per heavy atom. The van der Waals surface area contributed by atoms with Gasteiger partial charge in [0.15, 0.2) is 11.5 Å². The van der Waals surface area contributed by atoms with Crippen molar-refractivity contribution in [3.8, 4) is 11.5 Å². The van der Waals surface area contributed by atoms with Crippen molar-refractivity contribution >= 4 is 12.0 Å². The molecule has 116 valence electrons. The summed E-state index contributed by atoms with van der Waals surface area (Å²) < 4.78 is 11.2. The molecule has 1 aromatic carbocycles. The van der Waals surface area contributed by atoms with Crippen molar-refractivity contribution in [3.05, 3.63) is 29.8 Å². The molecule has 0 bridgehead atoms. The summed E-state index contributed by atoms with van der Waals surface area (Å²) >= 11 is 0. The van der Waals surface area contributed by atoms with E-state index >= 15 is 0 Å². The summed E-state index contributed by atoms with van der Waals surface area (Å²) in [5.41, 5.74) is 0.904. The van der Waals surface area contributed by atoms with Crippen molar-refractivity contribution in [1.82, 2.24) is 5.32 Å². The minimum Gasteiger partial charge on any atom is -0.490 e. The fraction of sp³-hybridized carbons (Fsp3) is 0.471. The standard InChI is InChI=1S/C17H25NO3/c1-5-11-21-15-9-7-14(12-16(15)20-6-2)8-10-17(19)18-13(3)4/h7-10,12-13H,5-6,11H2,1-4H3,(H,18,19)/b10-8+. The van der Waals surface area contributed by atoms with Gasteiger partial charge >= 0.3 is 0 Å². The molecule has 1 aromatic rings. The minimum absolute atomic E-state index is 0.103. The van der Waals surface area contributed by atoms with Crippen molar-refractivity contribution in [2.24, 2.45) is 0 Å². The monoisotopic (exact) mass is 291 g/mol. The first kappa shape index (κ1) is 17.1. The third kappa shape index (κ3) is 6.34. The van der Waals surface area contributed by atoms with Crippen LogP contribution in [0.25, 0.3) is 6.08 Å². The van der Waals surface area contributed by atoms with Crippen LogP contribution in [0.15, 0.2) is 24.3 Å². The van der Waals surface area contributed by atoms with E-state index in [2.05, 4.69) is 12.2 Å². The van der Waals surface area contributed by atoms with Crippen LogP contribution in [-0.4, -0.2) is 25.2 Å². The Hall–Kier alpha value is -1.97. The molecular weight excluding hydrogens is 266 g/mol. The molecule has 4 heteroatoms. The summed E-state index contributed by atoms with van der Waals surface area (Å²) in [6.45, 7) is 9.08. The topological polar surface area (TPSA) is 47.6 Å². The number of hydrogen-bond donors (Lipinski definition) is 1. The second-order valence-corrected chi connectivity index (χ2v) is 4.98. The quantitative estimate of drug-likeness (QED) is 0.747. The molecule has 4 nitrogen and oxygen atoms in total. The molecule has 0 radical (unpaired) electrons. The van der Waals surface area contributed by atoms with Gasteiger partial charge in [-0.2, -0.15) is 0 Å². The molecule has 0 aliphatic rings. The summed E-state index contributed by atoms with van der Waals surface area (Å²) in [4.78, 5) is 11.6. The average Bonchev–Trinajstić information content (AvgIpc) is 2.43. The number of carbonyl (C=O) groups excluding carboxylic acids is 1. The Labute approximate surface area is 127 Å². The van der Waals surface area contributed by atoms with Gasteiger partial charge in [-0.25, -0.2) is 0 Å². The van der Waals surface area contributed by atoms with E-state index in [1.54, 1.807) is 6.08 Å². The van der Waals surface area contributed by atoms with E-state index in [9.17, 15) is 4.79 Å². The van der Waals surface area contributed by atoms with Gasteiger partial charge in [0.25, 0.3) is 0 Å². The van der Waals surface area contributed by atoms with Gasteiger partial charge in [-0.1, -0.05) is 13.0 Å². The van der Waals surface area contributed by atoms with Crippen LogP contribution in [0, 0.1) is 0 Å². The van der Waals surface area contributed by atoms with Crippen LogP contribution in [0.2, 0.25) is 0 Å². The van der Waals surface area contributed by atoms with Crippen LogP contribution in [0.1, 0.15) is 39.7 Å². The lowest BCUT2D eigenvalue weighted by molar-refractivity contribution is -0.116. The van der Waals surface area contributed by atoms with Crippen molar-refractivity contribution in [2.45, 2.75) is 40.2 Å². The Morgan fingerprint density at radius 2 is 2.00 bits per heavy atom. The maximum Gasteiger partial charge on any atom is 0.244 e. The number of benzene rings is 1. The SMILES string of the molecule is CCCOc1ccc(/C=C/C(=O)NC(C)C)cc1OCC. The van der Waals surface area contributed by atoms with Crippen LogP contribution in [0.4, 0.5) is 0 Å². The average molecular weight is 291 g/mol. The van der Waals surface area contributed by atoms with Gasteiger partial charge in [-0.3, -0.25) is 4.79 Å². The van der Waals surface area contributed by atoms with E-state index in [0.717, 1.165) is 17.7 Å². The van der Waals surface area contributed by atoms with Crippen LogP contribution < -0.4 is 14.8 Å². The van der Waals surface area contributed by atoms with E-state index in [1.807, 2.05) is 39.0 Å². The number of carbonyl (C=O) groups is 1. The molecule has 0 saturated carbocycles. The molecule has 0 unspecified atom stereocenters. The summed E-state index contributed by atoms with van der Waals surface area (Å²) in [6.07, 6.45) is 4.24. The van der Waals surface area contributed by atoms with Crippen molar-refractivity contribution in [3.63, 3.8) is 0 Å². The Morgan fingerprint density at radius 3 is 2.62 bits per heavy atom. The van der Waals surface area contributed by atoms with E-state index in [0.29, 0.717) is 19.0 Å². The molecule has 21 heavy (non-hydrogen) atoms. The summed E-state index contributed by atoms with van der Waals surface area (Å²) in [7, 11) is 0. The van der Waals surface area contributed by atoms with Gasteiger partial charge in [0.05, 0.1) is 13.2 Å². The number of amides is 1. The van der Waals surface area contributed by atoms with Gasteiger partial charge in [-0.05, 0) is 51.0 Å². The minimum atomic E-state index is -0.103. The first-order valence-corrected chi connectivity index (χ1v) is 7.45. The Balaban J connectivity index is 2.81.